The van der Waals surface area contributed by atoms with Crippen LogP contribution >= 0.6 is 0 Å². The molecule has 1 aromatic rings. The zero-order valence-electron chi connectivity index (χ0n) is 12.5. The first kappa shape index (κ1) is 15.5. The number of aryl methyl sites for hydroxylation is 1. The Balaban J connectivity index is 1.60. The fourth-order valence-corrected chi connectivity index (χ4v) is 2.72. The number of nitrogens with one attached hydrogen (secondary N) is 1. The maximum absolute atomic E-state index is 9.94. The molecule has 0 spiro atoms. The van der Waals surface area contributed by atoms with Crippen LogP contribution in [0.25, 0.3) is 0 Å². The van der Waals surface area contributed by atoms with Crippen molar-refractivity contribution in [2.24, 2.45) is 0 Å². The van der Waals surface area contributed by atoms with Crippen molar-refractivity contribution >= 4 is 0 Å². The summed E-state index contributed by atoms with van der Waals surface area (Å²) in [4.78, 5) is 0. The topological polar surface area (TPSA) is 41.5 Å². The third-order valence-electron chi connectivity index (χ3n) is 4.03. The minimum absolute atomic E-state index is 0.370. The second-order valence-corrected chi connectivity index (χ2v) is 5.80. The zero-order valence-corrected chi connectivity index (χ0v) is 12.5. The number of rotatable bonds is 7. The Morgan fingerprint density at radius 3 is 2.75 bits per heavy atom. The van der Waals surface area contributed by atoms with Crippen molar-refractivity contribution in [2.75, 3.05) is 13.2 Å². The Bertz CT molecular complexity index is 388. The normalized spacial score (nSPS) is 18.1. The molecule has 1 aliphatic carbocycles. The number of aliphatic hydroxyl groups is 1. The fraction of sp³-hybridized carbons (Fsp3) is 0.647. The molecule has 1 fully saturated rings. The molecule has 0 saturated heterocycles. The number of aliphatic hydroxyl groups excluding tert-OH is 1. The highest BCUT2D eigenvalue weighted by atomic mass is 16.5. The first-order valence-corrected chi connectivity index (χ1v) is 7.80. The lowest BCUT2D eigenvalue weighted by Gasteiger charge is -2.23. The molecule has 3 heteroatoms. The summed E-state index contributed by atoms with van der Waals surface area (Å²) in [5.41, 5.74) is 2.57. The molecule has 1 unspecified atom stereocenters. The molecule has 2 N–H and O–H groups in total. The van der Waals surface area contributed by atoms with Gasteiger partial charge in [0.05, 0.1) is 18.8 Å². The molecule has 2 rings (SSSR count). The zero-order chi connectivity index (χ0) is 14.2. The van der Waals surface area contributed by atoms with E-state index in [2.05, 4.69) is 24.4 Å². The van der Waals surface area contributed by atoms with Gasteiger partial charge in [-0.3, -0.25) is 0 Å². The van der Waals surface area contributed by atoms with Gasteiger partial charge in [0.2, 0.25) is 0 Å². The Morgan fingerprint density at radius 2 is 2.00 bits per heavy atom. The van der Waals surface area contributed by atoms with Crippen LogP contribution in [0.2, 0.25) is 0 Å². The van der Waals surface area contributed by atoms with E-state index in [4.69, 9.17) is 4.74 Å². The number of benzene rings is 1. The van der Waals surface area contributed by atoms with E-state index in [1.807, 2.05) is 12.1 Å². The summed E-state index contributed by atoms with van der Waals surface area (Å²) in [6.07, 6.45) is 6.14. The minimum Gasteiger partial charge on any atom is -0.389 e. The van der Waals surface area contributed by atoms with Crippen molar-refractivity contribution in [2.45, 2.75) is 57.8 Å². The second kappa shape index (κ2) is 8.40. The lowest BCUT2D eigenvalue weighted by Crippen LogP contribution is -2.32. The average molecular weight is 277 g/mol. The quantitative estimate of drug-likeness (QED) is 0.805. The van der Waals surface area contributed by atoms with E-state index in [1.165, 1.54) is 30.4 Å². The highest BCUT2D eigenvalue weighted by Crippen LogP contribution is 2.20. The average Bonchev–Trinajstić information content (AvgIpc) is 2.48. The van der Waals surface area contributed by atoms with Crippen molar-refractivity contribution in [3.05, 3.63) is 35.4 Å². The molecule has 1 atom stereocenters. The van der Waals surface area contributed by atoms with E-state index < -0.39 is 6.10 Å². The van der Waals surface area contributed by atoms with E-state index >= 15 is 0 Å². The van der Waals surface area contributed by atoms with Gasteiger partial charge in [-0.25, -0.2) is 0 Å². The lowest BCUT2D eigenvalue weighted by molar-refractivity contribution is -0.0230. The molecule has 3 nitrogen and oxygen atoms in total. The predicted molar refractivity (Wildman–Crippen MR) is 81.7 cm³/mol. The summed E-state index contributed by atoms with van der Waals surface area (Å²) >= 11 is 0. The molecule has 1 aliphatic rings. The van der Waals surface area contributed by atoms with Crippen LogP contribution in [0.5, 0.6) is 0 Å². The molecule has 20 heavy (non-hydrogen) atoms. The molecule has 1 aromatic carbocycles. The van der Waals surface area contributed by atoms with E-state index in [0.717, 1.165) is 19.4 Å². The first-order valence-electron chi connectivity index (χ1n) is 7.80. The highest BCUT2D eigenvalue weighted by molar-refractivity contribution is 5.25. The molecule has 0 amide bonds. The van der Waals surface area contributed by atoms with Gasteiger partial charge in [0, 0.05) is 13.1 Å². The predicted octanol–water partition coefficient (Wildman–Crippen LogP) is 2.79. The standard InChI is InChI=1S/C17H27NO2/c1-14-7-5-6-8-15(14)11-18-12-16(19)13-20-17-9-3-2-4-10-17/h5-8,16-19H,2-4,9-13H2,1H3. The Kier molecular flexibility index (Phi) is 6.51. The Labute approximate surface area is 122 Å². The van der Waals surface area contributed by atoms with Gasteiger partial charge < -0.3 is 15.2 Å². The number of ether oxygens (including phenoxy) is 1. The van der Waals surface area contributed by atoms with E-state index in [1.54, 1.807) is 0 Å². The van der Waals surface area contributed by atoms with Crippen molar-refractivity contribution in [1.29, 1.82) is 0 Å². The van der Waals surface area contributed by atoms with Crippen LogP contribution in [0.1, 0.15) is 43.2 Å². The molecule has 0 aromatic heterocycles. The first-order chi connectivity index (χ1) is 9.75. The van der Waals surface area contributed by atoms with Crippen LogP contribution in [0.15, 0.2) is 24.3 Å². The van der Waals surface area contributed by atoms with Gasteiger partial charge in [-0.05, 0) is 30.9 Å². The molecule has 0 heterocycles. The third kappa shape index (κ3) is 5.23. The SMILES string of the molecule is Cc1ccccc1CNCC(O)COC1CCCCC1. The van der Waals surface area contributed by atoms with Crippen LogP contribution in [-0.2, 0) is 11.3 Å². The van der Waals surface area contributed by atoms with Crippen LogP contribution in [0.3, 0.4) is 0 Å². The third-order valence-corrected chi connectivity index (χ3v) is 4.03. The number of hydrogen-bond acceptors (Lipinski definition) is 3. The summed E-state index contributed by atoms with van der Waals surface area (Å²) in [6, 6.07) is 8.32. The van der Waals surface area contributed by atoms with Gasteiger partial charge >= 0.3 is 0 Å². The maximum atomic E-state index is 9.94. The van der Waals surface area contributed by atoms with Gasteiger partial charge in [-0.15, -0.1) is 0 Å². The fourth-order valence-electron chi connectivity index (χ4n) is 2.72. The lowest BCUT2D eigenvalue weighted by atomic mass is 9.98. The van der Waals surface area contributed by atoms with Gasteiger partial charge in [-0.2, -0.15) is 0 Å². The summed E-state index contributed by atoms with van der Waals surface area (Å²) in [5, 5.41) is 13.2. The van der Waals surface area contributed by atoms with Gasteiger partial charge in [0.1, 0.15) is 0 Å². The number of hydrogen-bond donors (Lipinski definition) is 2. The van der Waals surface area contributed by atoms with Crippen molar-refractivity contribution in [3.63, 3.8) is 0 Å². The molecule has 1 saturated carbocycles. The monoisotopic (exact) mass is 277 g/mol. The van der Waals surface area contributed by atoms with Crippen LogP contribution in [-0.4, -0.2) is 30.5 Å². The molecular formula is C17H27NO2. The highest BCUT2D eigenvalue weighted by Gasteiger charge is 2.15. The molecule has 0 bridgehead atoms. The van der Waals surface area contributed by atoms with Gasteiger partial charge in [-0.1, -0.05) is 43.5 Å². The molecular weight excluding hydrogens is 250 g/mol. The Hall–Kier alpha value is -0.900. The van der Waals surface area contributed by atoms with Crippen molar-refractivity contribution in [3.8, 4) is 0 Å². The summed E-state index contributed by atoms with van der Waals surface area (Å²) in [7, 11) is 0. The second-order valence-electron chi connectivity index (χ2n) is 5.80. The van der Waals surface area contributed by atoms with Gasteiger partial charge in [0.15, 0.2) is 0 Å². The van der Waals surface area contributed by atoms with E-state index in [0.29, 0.717) is 19.3 Å². The van der Waals surface area contributed by atoms with Crippen LogP contribution < -0.4 is 5.32 Å². The van der Waals surface area contributed by atoms with Crippen molar-refractivity contribution < 1.29 is 9.84 Å². The minimum atomic E-state index is -0.416. The van der Waals surface area contributed by atoms with Crippen LogP contribution in [0, 0.1) is 6.92 Å². The smallest absolute Gasteiger partial charge is 0.0897 e. The largest absolute Gasteiger partial charge is 0.389 e. The molecule has 0 aliphatic heterocycles. The van der Waals surface area contributed by atoms with E-state index in [-0.39, 0.29) is 0 Å². The van der Waals surface area contributed by atoms with Gasteiger partial charge in [0.25, 0.3) is 0 Å². The Morgan fingerprint density at radius 1 is 1.25 bits per heavy atom. The van der Waals surface area contributed by atoms with Crippen molar-refractivity contribution in [1.82, 2.24) is 5.32 Å². The molecule has 112 valence electrons. The summed E-state index contributed by atoms with van der Waals surface area (Å²) in [6.45, 7) is 3.94. The molecule has 0 radical (unpaired) electrons. The summed E-state index contributed by atoms with van der Waals surface area (Å²) in [5.74, 6) is 0. The maximum Gasteiger partial charge on any atom is 0.0897 e. The van der Waals surface area contributed by atoms with Crippen LogP contribution in [0.4, 0.5) is 0 Å². The van der Waals surface area contributed by atoms with E-state index in [9.17, 15) is 5.11 Å². The summed E-state index contributed by atoms with van der Waals surface area (Å²) < 4.78 is 5.78.